The summed E-state index contributed by atoms with van der Waals surface area (Å²) in [5.74, 6) is -1.19. The number of nitro groups is 1. The van der Waals surface area contributed by atoms with Crippen molar-refractivity contribution >= 4 is 29.3 Å². The Kier molecular flexibility index (Phi) is 8.01. The van der Waals surface area contributed by atoms with Gasteiger partial charge in [0.25, 0.3) is 11.6 Å². The maximum Gasteiger partial charge on any atom is 0.338 e. The van der Waals surface area contributed by atoms with Crippen LogP contribution in [0.25, 0.3) is 0 Å². The number of esters is 1. The van der Waals surface area contributed by atoms with Crippen molar-refractivity contribution in [2.24, 2.45) is 0 Å². The molecule has 1 N–H and O–H groups in total. The molecule has 0 radical (unpaired) electrons. The van der Waals surface area contributed by atoms with Gasteiger partial charge in [-0.05, 0) is 43.7 Å². The third-order valence-electron chi connectivity index (χ3n) is 4.06. The molecule has 0 saturated heterocycles. The van der Waals surface area contributed by atoms with Crippen LogP contribution in [0, 0.1) is 10.1 Å². The number of amides is 1. The van der Waals surface area contributed by atoms with E-state index in [0.717, 1.165) is 18.9 Å². The average Bonchev–Trinajstić information content (AvgIpc) is 2.70. The summed E-state index contributed by atoms with van der Waals surface area (Å²) < 4.78 is 4.98. The second-order valence-electron chi connectivity index (χ2n) is 6.21. The van der Waals surface area contributed by atoms with Crippen LogP contribution >= 0.6 is 11.8 Å². The number of benzene rings is 2. The molecule has 0 fully saturated rings. The van der Waals surface area contributed by atoms with Crippen LogP contribution in [0.5, 0.6) is 0 Å². The first-order chi connectivity index (χ1) is 13.4. The molecule has 0 aromatic heterocycles. The number of hydrogen-bond acceptors (Lipinski definition) is 6. The van der Waals surface area contributed by atoms with Crippen molar-refractivity contribution in [1.29, 1.82) is 0 Å². The molecule has 1 amide bonds. The summed E-state index contributed by atoms with van der Waals surface area (Å²) in [7, 11) is 0. The van der Waals surface area contributed by atoms with Crippen molar-refractivity contribution in [1.82, 2.24) is 5.32 Å². The van der Waals surface area contributed by atoms with E-state index in [4.69, 9.17) is 4.74 Å². The first-order valence-electron chi connectivity index (χ1n) is 8.73. The highest BCUT2D eigenvalue weighted by atomic mass is 32.2. The van der Waals surface area contributed by atoms with Gasteiger partial charge in [0.2, 0.25) is 0 Å². The Labute approximate surface area is 167 Å². The molecule has 0 saturated carbocycles. The number of nitrogens with zero attached hydrogens (tertiary/aromatic N) is 1. The van der Waals surface area contributed by atoms with Gasteiger partial charge in [0.05, 0.1) is 15.4 Å². The number of carbonyl (C=O) groups is 2. The minimum Gasteiger partial charge on any atom is -0.452 e. The van der Waals surface area contributed by atoms with Crippen molar-refractivity contribution in [3.63, 3.8) is 0 Å². The van der Waals surface area contributed by atoms with Crippen molar-refractivity contribution < 1.29 is 19.2 Å². The van der Waals surface area contributed by atoms with Crippen LogP contribution in [0.3, 0.4) is 0 Å². The quantitative estimate of drug-likeness (QED) is 0.298. The second kappa shape index (κ2) is 10.5. The number of nitrogens with one attached hydrogen (secondary N) is 1. The third-order valence-corrected chi connectivity index (χ3v) is 4.85. The molecule has 0 aliphatic heterocycles. The molecule has 2 aromatic rings. The van der Waals surface area contributed by atoms with Crippen molar-refractivity contribution in [2.45, 2.75) is 30.7 Å². The lowest BCUT2D eigenvalue weighted by Gasteiger charge is -2.14. The van der Waals surface area contributed by atoms with Crippen molar-refractivity contribution in [3.8, 4) is 0 Å². The predicted octanol–water partition coefficient (Wildman–Crippen LogP) is 3.61. The highest BCUT2D eigenvalue weighted by molar-refractivity contribution is 7.98. The van der Waals surface area contributed by atoms with Crippen LogP contribution in [0.1, 0.15) is 29.3 Å². The summed E-state index contributed by atoms with van der Waals surface area (Å²) in [6.07, 6.45) is 3.29. The predicted molar refractivity (Wildman–Crippen MR) is 108 cm³/mol. The van der Waals surface area contributed by atoms with Crippen LogP contribution in [0.4, 0.5) is 5.69 Å². The molecular weight excluding hydrogens is 380 g/mol. The van der Waals surface area contributed by atoms with Crippen LogP contribution in [0.15, 0.2) is 53.4 Å². The van der Waals surface area contributed by atoms with Gasteiger partial charge in [0.15, 0.2) is 6.61 Å². The van der Waals surface area contributed by atoms with Gasteiger partial charge in [-0.1, -0.05) is 30.3 Å². The van der Waals surface area contributed by atoms with Gasteiger partial charge < -0.3 is 10.1 Å². The Bertz CT molecular complexity index is 842. The average molecular weight is 402 g/mol. The Morgan fingerprint density at radius 3 is 2.57 bits per heavy atom. The molecule has 0 heterocycles. The zero-order valence-electron chi connectivity index (χ0n) is 15.7. The zero-order chi connectivity index (χ0) is 20.5. The largest absolute Gasteiger partial charge is 0.452 e. The Balaban J connectivity index is 1.82. The molecule has 2 rings (SSSR count). The Morgan fingerprint density at radius 1 is 1.21 bits per heavy atom. The zero-order valence-corrected chi connectivity index (χ0v) is 16.5. The van der Waals surface area contributed by atoms with Gasteiger partial charge in [0, 0.05) is 12.1 Å². The Morgan fingerprint density at radius 2 is 1.93 bits per heavy atom. The van der Waals surface area contributed by atoms with Gasteiger partial charge in [-0.2, -0.15) is 0 Å². The Hall–Kier alpha value is -2.87. The maximum atomic E-state index is 12.1. The highest BCUT2D eigenvalue weighted by Gasteiger charge is 2.19. The number of nitro benzene ring substituents is 1. The first-order valence-corrected chi connectivity index (χ1v) is 9.96. The molecule has 1 unspecified atom stereocenters. The number of thioether (sulfide) groups is 1. The molecule has 0 aliphatic carbocycles. The van der Waals surface area contributed by atoms with E-state index in [9.17, 15) is 19.7 Å². The van der Waals surface area contributed by atoms with Crippen LogP contribution < -0.4 is 5.32 Å². The van der Waals surface area contributed by atoms with E-state index < -0.39 is 23.4 Å². The fourth-order valence-corrected chi connectivity index (χ4v) is 3.14. The molecule has 1 atom stereocenters. The molecule has 0 spiro atoms. The summed E-state index contributed by atoms with van der Waals surface area (Å²) in [5, 5.41) is 13.9. The maximum absolute atomic E-state index is 12.1. The van der Waals surface area contributed by atoms with Crippen molar-refractivity contribution in [3.05, 3.63) is 69.8 Å². The molecule has 0 bridgehead atoms. The lowest BCUT2D eigenvalue weighted by molar-refractivity contribution is -0.387. The number of hydrogen-bond donors (Lipinski definition) is 1. The van der Waals surface area contributed by atoms with E-state index in [0.29, 0.717) is 4.90 Å². The van der Waals surface area contributed by atoms with E-state index in [-0.39, 0.29) is 17.3 Å². The molecule has 8 heteroatoms. The van der Waals surface area contributed by atoms with Crippen LogP contribution in [0.2, 0.25) is 0 Å². The standard InChI is InChI=1S/C20H22N2O5S/c1-14(8-9-15-6-4-3-5-7-15)21-19(23)13-27-20(24)16-10-11-18(28-2)17(12-16)22(25)26/h3-7,10-12,14H,8-9,13H2,1-2H3,(H,21,23). The van der Waals surface area contributed by atoms with E-state index in [1.165, 1.54) is 29.5 Å². The number of aryl methyl sites for hydroxylation is 1. The summed E-state index contributed by atoms with van der Waals surface area (Å²) in [6, 6.07) is 14.0. The van der Waals surface area contributed by atoms with Gasteiger partial charge in [0.1, 0.15) is 0 Å². The van der Waals surface area contributed by atoms with E-state index in [1.807, 2.05) is 37.3 Å². The molecule has 7 nitrogen and oxygen atoms in total. The summed E-state index contributed by atoms with van der Waals surface area (Å²) >= 11 is 1.21. The minimum atomic E-state index is -0.775. The van der Waals surface area contributed by atoms with Crippen LogP contribution in [-0.4, -0.2) is 35.7 Å². The summed E-state index contributed by atoms with van der Waals surface area (Å²) in [5.41, 5.74) is 1.06. The number of carbonyl (C=O) groups excluding carboxylic acids is 2. The van der Waals surface area contributed by atoms with Gasteiger partial charge in [-0.3, -0.25) is 14.9 Å². The molecule has 0 aliphatic rings. The molecular formula is C20H22N2O5S. The highest BCUT2D eigenvalue weighted by Crippen LogP contribution is 2.28. The lowest BCUT2D eigenvalue weighted by Crippen LogP contribution is -2.36. The number of rotatable bonds is 9. The smallest absolute Gasteiger partial charge is 0.338 e. The number of ether oxygens (including phenoxy) is 1. The van der Waals surface area contributed by atoms with E-state index in [1.54, 1.807) is 6.26 Å². The minimum absolute atomic E-state index is 0.0365. The van der Waals surface area contributed by atoms with E-state index >= 15 is 0 Å². The SMILES string of the molecule is CSc1ccc(C(=O)OCC(=O)NC(C)CCc2ccccc2)cc1[N+](=O)[O-]. The van der Waals surface area contributed by atoms with Gasteiger partial charge in [-0.25, -0.2) is 4.79 Å². The van der Waals surface area contributed by atoms with Gasteiger partial charge in [-0.15, -0.1) is 11.8 Å². The second-order valence-corrected chi connectivity index (χ2v) is 7.06. The third kappa shape index (κ3) is 6.38. The molecule has 2 aromatic carbocycles. The van der Waals surface area contributed by atoms with E-state index in [2.05, 4.69) is 5.32 Å². The fraction of sp³-hybridized carbons (Fsp3) is 0.300. The monoisotopic (exact) mass is 402 g/mol. The fourth-order valence-electron chi connectivity index (χ4n) is 2.59. The summed E-state index contributed by atoms with van der Waals surface area (Å²) in [6.45, 7) is 1.44. The van der Waals surface area contributed by atoms with Crippen molar-refractivity contribution in [2.75, 3.05) is 12.9 Å². The lowest BCUT2D eigenvalue weighted by atomic mass is 10.1. The summed E-state index contributed by atoms with van der Waals surface area (Å²) in [4.78, 5) is 35.0. The van der Waals surface area contributed by atoms with Gasteiger partial charge >= 0.3 is 5.97 Å². The molecule has 148 valence electrons. The topological polar surface area (TPSA) is 98.5 Å². The first kappa shape index (κ1) is 21.4. The normalized spacial score (nSPS) is 11.5. The van der Waals surface area contributed by atoms with Crippen LogP contribution in [-0.2, 0) is 16.0 Å². The molecule has 28 heavy (non-hydrogen) atoms.